The average molecular weight is 585 g/mol. The third kappa shape index (κ3) is 9.01. The molecule has 8 nitrogen and oxygen atoms in total. The van der Waals surface area contributed by atoms with E-state index in [1.54, 1.807) is 44.5 Å². The number of nitrogens with zero attached hydrogens (tertiary/aromatic N) is 4. The summed E-state index contributed by atoms with van der Waals surface area (Å²) in [6.45, 7) is 10.8. The number of benzene rings is 1. The molecular weight excluding hydrogens is 545 g/mol. The minimum atomic E-state index is -4.35. The van der Waals surface area contributed by atoms with E-state index in [4.69, 9.17) is 5.73 Å². The Morgan fingerprint density at radius 1 is 1.14 bits per heavy atom. The van der Waals surface area contributed by atoms with Gasteiger partial charge in [0, 0.05) is 55.7 Å². The number of aromatic nitrogens is 2. The number of rotatable bonds is 14. The fourth-order valence-corrected chi connectivity index (χ4v) is 4.40. The van der Waals surface area contributed by atoms with Gasteiger partial charge in [-0.1, -0.05) is 32.0 Å². The first-order chi connectivity index (χ1) is 19.9. The minimum Gasteiger partial charge on any atom is -0.404 e. The molecule has 0 spiro atoms. The van der Waals surface area contributed by atoms with E-state index in [0.29, 0.717) is 23.3 Å². The van der Waals surface area contributed by atoms with Gasteiger partial charge in [0.05, 0.1) is 18.3 Å². The van der Waals surface area contributed by atoms with Crippen LogP contribution in [0.4, 0.5) is 13.2 Å². The zero-order valence-electron chi connectivity index (χ0n) is 24.5. The third-order valence-corrected chi connectivity index (χ3v) is 7.03. The molecule has 0 saturated heterocycles. The summed E-state index contributed by atoms with van der Waals surface area (Å²) in [5.74, 6) is -0.643. The summed E-state index contributed by atoms with van der Waals surface area (Å²) in [7, 11) is 0. The zero-order chi connectivity index (χ0) is 30.9. The van der Waals surface area contributed by atoms with E-state index in [9.17, 15) is 22.8 Å². The van der Waals surface area contributed by atoms with Crippen molar-refractivity contribution in [1.82, 2.24) is 19.6 Å². The smallest absolute Gasteiger partial charge is 0.389 e. The lowest BCUT2D eigenvalue weighted by atomic mass is 10.0. The van der Waals surface area contributed by atoms with Gasteiger partial charge in [-0.3, -0.25) is 19.0 Å². The van der Waals surface area contributed by atoms with E-state index in [1.807, 2.05) is 28.8 Å². The number of allylic oxidation sites excluding steroid dienone is 1. The quantitative estimate of drug-likeness (QED) is 0.258. The van der Waals surface area contributed by atoms with E-state index in [0.717, 1.165) is 36.5 Å². The highest BCUT2D eigenvalue weighted by Gasteiger charge is 2.28. The van der Waals surface area contributed by atoms with Crippen LogP contribution in [0.25, 0.3) is 22.5 Å². The number of likely N-dealkylation sites (N-methyl/N-ethyl adjacent to an activating group) is 1. The van der Waals surface area contributed by atoms with Gasteiger partial charge in [0.2, 0.25) is 5.91 Å². The van der Waals surface area contributed by atoms with Gasteiger partial charge in [0.1, 0.15) is 17.0 Å². The number of carbonyl (C=O) groups is 2. The van der Waals surface area contributed by atoms with Crippen molar-refractivity contribution in [2.45, 2.75) is 58.7 Å². The Morgan fingerprint density at radius 3 is 2.55 bits per heavy atom. The molecule has 0 aliphatic rings. The highest BCUT2D eigenvalue weighted by Crippen LogP contribution is 2.25. The first kappa shape index (κ1) is 32.5. The highest BCUT2D eigenvalue weighted by molar-refractivity contribution is 6.10. The number of nitrogens with one attached hydrogen (secondary N) is 1. The molecule has 3 rings (SSSR count). The van der Waals surface area contributed by atoms with Gasteiger partial charge in [-0.15, -0.1) is 0 Å². The number of ketones is 1. The van der Waals surface area contributed by atoms with Gasteiger partial charge in [-0.25, -0.2) is 4.98 Å². The molecule has 0 saturated carbocycles. The fourth-order valence-electron chi connectivity index (χ4n) is 4.40. The Labute approximate surface area is 244 Å². The molecule has 0 aliphatic carbocycles. The molecule has 226 valence electrons. The van der Waals surface area contributed by atoms with Gasteiger partial charge < -0.3 is 16.0 Å². The number of aliphatic imine (C=N–C) groups is 1. The van der Waals surface area contributed by atoms with E-state index in [1.165, 1.54) is 6.20 Å². The number of halogens is 3. The van der Waals surface area contributed by atoms with Crippen LogP contribution in [0.2, 0.25) is 0 Å². The molecule has 3 aromatic rings. The van der Waals surface area contributed by atoms with Crippen LogP contribution in [-0.2, 0) is 16.0 Å². The predicted molar refractivity (Wildman–Crippen MR) is 160 cm³/mol. The molecular formula is C31H39F3N6O2. The number of imidazole rings is 1. The van der Waals surface area contributed by atoms with Crippen LogP contribution < -0.4 is 11.1 Å². The number of nitrogens with two attached hydrogens (primary N) is 1. The van der Waals surface area contributed by atoms with Gasteiger partial charge >= 0.3 is 6.18 Å². The molecule has 0 bridgehead atoms. The van der Waals surface area contributed by atoms with E-state index >= 15 is 0 Å². The van der Waals surface area contributed by atoms with Crippen LogP contribution >= 0.6 is 0 Å². The van der Waals surface area contributed by atoms with Crippen molar-refractivity contribution in [3.05, 3.63) is 66.1 Å². The van der Waals surface area contributed by atoms with Crippen LogP contribution in [0.3, 0.4) is 0 Å². The summed E-state index contributed by atoms with van der Waals surface area (Å²) in [4.78, 5) is 36.1. The zero-order valence-corrected chi connectivity index (χ0v) is 24.5. The summed E-state index contributed by atoms with van der Waals surface area (Å²) in [6, 6.07) is 10.8. The lowest BCUT2D eigenvalue weighted by Gasteiger charge is -2.22. The summed E-state index contributed by atoms with van der Waals surface area (Å²) in [5, 5.41) is 2.95. The van der Waals surface area contributed by atoms with Crippen molar-refractivity contribution < 1.29 is 22.8 Å². The van der Waals surface area contributed by atoms with Gasteiger partial charge in [-0.05, 0) is 56.3 Å². The fraction of sp³-hybridized carbons (Fsp3) is 0.419. The maximum atomic E-state index is 12.8. The largest absolute Gasteiger partial charge is 0.404 e. The first-order valence-corrected chi connectivity index (χ1v) is 14.0. The number of hydrogen-bond acceptors (Lipinski definition) is 6. The molecule has 1 amide bonds. The van der Waals surface area contributed by atoms with Crippen molar-refractivity contribution in [2.24, 2.45) is 10.7 Å². The monoisotopic (exact) mass is 584 g/mol. The van der Waals surface area contributed by atoms with Crippen molar-refractivity contribution >= 4 is 29.1 Å². The molecule has 0 aliphatic heterocycles. The number of pyridine rings is 1. The number of amides is 1. The molecule has 0 unspecified atom stereocenters. The Morgan fingerprint density at radius 2 is 1.88 bits per heavy atom. The SMILES string of the molecule is CCN(CC)CCNC(=O)C(C)(C)N=CC(=CN)c1ccn2c(-c3cccc(CC(=O)CCC(F)(F)F)c3)cnc2c1. The van der Waals surface area contributed by atoms with Crippen molar-refractivity contribution in [1.29, 1.82) is 0 Å². The normalized spacial score (nSPS) is 12.9. The minimum absolute atomic E-state index is 0.0703. The van der Waals surface area contributed by atoms with Crippen LogP contribution in [0.1, 0.15) is 51.7 Å². The Balaban J connectivity index is 1.72. The molecule has 0 fully saturated rings. The topological polar surface area (TPSA) is 105 Å². The van der Waals surface area contributed by atoms with Crippen LogP contribution in [0.15, 0.2) is 60.0 Å². The molecule has 0 atom stereocenters. The maximum Gasteiger partial charge on any atom is 0.389 e. The number of hydrogen-bond donors (Lipinski definition) is 2. The van der Waals surface area contributed by atoms with E-state index in [2.05, 4.69) is 34.0 Å². The molecule has 42 heavy (non-hydrogen) atoms. The Bertz CT molecular complexity index is 1440. The molecule has 1 aromatic carbocycles. The van der Waals surface area contributed by atoms with Gasteiger partial charge in [0.15, 0.2) is 0 Å². The maximum absolute atomic E-state index is 12.8. The summed E-state index contributed by atoms with van der Waals surface area (Å²) >= 11 is 0. The van der Waals surface area contributed by atoms with Crippen molar-refractivity contribution in [2.75, 3.05) is 26.2 Å². The molecule has 3 N–H and O–H groups in total. The number of fused-ring (bicyclic) bond motifs is 1. The van der Waals surface area contributed by atoms with Crippen molar-refractivity contribution in [3.63, 3.8) is 0 Å². The summed E-state index contributed by atoms with van der Waals surface area (Å²) in [5.41, 5.74) is 9.10. The Kier molecular flexibility index (Phi) is 11.0. The molecule has 2 heterocycles. The number of alkyl halides is 3. The molecule has 0 radical (unpaired) electrons. The first-order valence-electron chi connectivity index (χ1n) is 14.0. The third-order valence-electron chi connectivity index (χ3n) is 7.03. The predicted octanol–water partition coefficient (Wildman–Crippen LogP) is 5.06. The van der Waals surface area contributed by atoms with Gasteiger partial charge in [-0.2, -0.15) is 13.2 Å². The molecule has 2 aromatic heterocycles. The molecule has 11 heteroatoms. The summed E-state index contributed by atoms with van der Waals surface area (Å²) < 4.78 is 39.3. The van der Waals surface area contributed by atoms with Crippen molar-refractivity contribution in [3.8, 4) is 11.3 Å². The van der Waals surface area contributed by atoms with E-state index < -0.39 is 30.3 Å². The second-order valence-corrected chi connectivity index (χ2v) is 10.5. The number of Topliss-reactive ketones (excluding diaryl/α,β-unsaturated/α-hetero) is 1. The number of carbonyl (C=O) groups excluding carboxylic acids is 2. The summed E-state index contributed by atoms with van der Waals surface area (Å²) in [6.07, 6.45) is 0.446. The van der Waals surface area contributed by atoms with Crippen LogP contribution in [0, 0.1) is 0 Å². The highest BCUT2D eigenvalue weighted by atomic mass is 19.4. The Hall–Kier alpha value is -3.99. The average Bonchev–Trinajstić information content (AvgIpc) is 3.38. The lowest BCUT2D eigenvalue weighted by Crippen LogP contribution is -2.44. The lowest BCUT2D eigenvalue weighted by molar-refractivity contribution is -0.143. The van der Waals surface area contributed by atoms with E-state index in [-0.39, 0.29) is 12.3 Å². The second-order valence-electron chi connectivity index (χ2n) is 10.5. The second kappa shape index (κ2) is 14.3. The van der Waals surface area contributed by atoms with Gasteiger partial charge in [0.25, 0.3) is 0 Å². The standard InChI is InChI=1S/C31H39F3N6O2/c1-5-39(6-2)15-13-36-29(42)30(3,4)38-20-25(19-35)23-11-14-40-27(21-37-28(40)18-23)24-9-7-8-22(16-24)17-26(41)10-12-31(32,33)34/h7-9,11,14,16,18-21H,5-6,10,12-13,15,17,35H2,1-4H3,(H,36,42). The van der Waals surface area contributed by atoms with Crippen LogP contribution in [0.5, 0.6) is 0 Å². The van der Waals surface area contributed by atoms with Crippen LogP contribution in [-0.4, -0.2) is 70.1 Å².